The first-order valence-corrected chi connectivity index (χ1v) is 9.08. The van der Waals surface area contributed by atoms with Gasteiger partial charge in [-0.25, -0.2) is 0 Å². The van der Waals surface area contributed by atoms with Crippen LogP contribution in [0.1, 0.15) is 20.3 Å². The number of hydrogen-bond acceptors (Lipinski definition) is 5. The fraction of sp³-hybridized carbons (Fsp3) is 0.417. The molecule has 1 aromatic rings. The zero-order valence-electron chi connectivity index (χ0n) is 10.6. The topological polar surface area (TPSA) is 56.8 Å². The molecule has 2 aliphatic heterocycles. The Morgan fingerprint density at radius 2 is 1.89 bits per heavy atom. The summed E-state index contributed by atoms with van der Waals surface area (Å²) < 4.78 is 16.6. The van der Waals surface area contributed by atoms with Crippen molar-refractivity contribution < 1.29 is 18.4 Å². The summed E-state index contributed by atoms with van der Waals surface area (Å²) >= 11 is 6.45. The normalized spacial score (nSPS) is 29.5. The minimum absolute atomic E-state index is 0.0867. The molecule has 7 heteroatoms. The molecule has 2 aliphatic rings. The molecule has 0 radical (unpaired) electrons. The average Bonchev–Trinajstić information content (AvgIpc) is 2.81. The van der Waals surface area contributed by atoms with Crippen molar-refractivity contribution in [3.8, 4) is 11.5 Å². The molecule has 0 saturated carbocycles. The number of fused-ring (bicyclic) bond motifs is 1. The van der Waals surface area contributed by atoms with E-state index in [4.69, 9.17) is 24.8 Å². The van der Waals surface area contributed by atoms with Crippen molar-refractivity contribution in [2.24, 2.45) is 5.92 Å². The third-order valence-corrected chi connectivity index (χ3v) is 6.52. The van der Waals surface area contributed by atoms with E-state index in [1.54, 1.807) is 24.3 Å². The molecule has 0 aliphatic carbocycles. The maximum atomic E-state index is 12.0. The van der Waals surface area contributed by atoms with E-state index in [1.807, 2.05) is 13.8 Å². The van der Waals surface area contributed by atoms with Crippen molar-refractivity contribution in [1.82, 2.24) is 5.09 Å². The van der Waals surface area contributed by atoms with E-state index in [-0.39, 0.29) is 5.92 Å². The van der Waals surface area contributed by atoms with Crippen LogP contribution >= 0.6 is 18.0 Å². The number of rotatable bonds is 2. The fourth-order valence-electron chi connectivity index (χ4n) is 2.15. The van der Waals surface area contributed by atoms with Gasteiger partial charge >= 0.3 is 115 Å². The number of carbonyl (C=O) groups is 1. The molecule has 0 bridgehead atoms. The first-order valence-electron chi connectivity index (χ1n) is 6.19. The first kappa shape index (κ1) is 13.0. The summed E-state index contributed by atoms with van der Waals surface area (Å²) in [5.74, 6) is 0.638. The first-order chi connectivity index (χ1) is 8.93. The third-order valence-electron chi connectivity index (χ3n) is 3.41. The van der Waals surface area contributed by atoms with Gasteiger partial charge in [0.05, 0.1) is 0 Å². The van der Waals surface area contributed by atoms with Crippen LogP contribution in [-0.2, 0) is 9.32 Å². The second-order valence-electron chi connectivity index (χ2n) is 4.82. The summed E-state index contributed by atoms with van der Waals surface area (Å²) in [6.45, 7) is -0.140. The Kier molecular flexibility index (Phi) is 2.72. The summed E-state index contributed by atoms with van der Waals surface area (Å²) in [4.78, 5) is 12.0. The monoisotopic (exact) mass is 303 g/mol. The SMILES string of the molecule is CCC(C)[C@@H]1NP2(Cl)(OC1=O)Oc1ccccc1O2. The van der Waals surface area contributed by atoms with Crippen LogP contribution < -0.4 is 14.1 Å². The number of carbonyl (C=O) groups excluding carboxylic acids is 1. The standard InChI is InChI=1S/C12H15ClNO4P/c1-3-8(2)11-12(15)18-19(13,14-11)16-9-6-4-5-7-10(9)17-19/h4-8,11,14H,3H2,1-2H3/t8?,11-/m0/s1. The van der Waals surface area contributed by atoms with Crippen molar-refractivity contribution >= 4 is 24.0 Å². The molecule has 3 rings (SSSR count). The Balaban J connectivity index is 1.93. The van der Waals surface area contributed by atoms with Gasteiger partial charge in [-0.05, 0) is 0 Å². The predicted molar refractivity (Wildman–Crippen MR) is 72.9 cm³/mol. The Bertz CT molecular complexity index is 527. The van der Waals surface area contributed by atoms with Gasteiger partial charge in [-0.3, -0.25) is 0 Å². The van der Waals surface area contributed by atoms with Gasteiger partial charge in [0.2, 0.25) is 0 Å². The fourth-order valence-corrected chi connectivity index (χ4v) is 5.58. The second-order valence-corrected chi connectivity index (χ2v) is 8.95. The molecule has 1 fully saturated rings. The van der Waals surface area contributed by atoms with Crippen LogP contribution in [-0.4, -0.2) is 12.0 Å². The number of benzene rings is 1. The van der Waals surface area contributed by atoms with E-state index >= 15 is 0 Å². The molecule has 2 atom stereocenters. The summed E-state index contributed by atoms with van der Waals surface area (Å²) in [5, 5.41) is 2.97. The summed E-state index contributed by atoms with van der Waals surface area (Å²) in [5.41, 5.74) is 0. The van der Waals surface area contributed by atoms with Gasteiger partial charge in [-0.1, -0.05) is 0 Å². The molecule has 1 unspecified atom stereocenters. The molecule has 2 heterocycles. The zero-order chi connectivity index (χ0) is 13.7. The van der Waals surface area contributed by atoms with Gasteiger partial charge in [0.1, 0.15) is 0 Å². The molecular weight excluding hydrogens is 289 g/mol. The molecule has 19 heavy (non-hydrogen) atoms. The predicted octanol–water partition coefficient (Wildman–Crippen LogP) is 3.39. The molecular formula is C12H15ClNO4P. The van der Waals surface area contributed by atoms with E-state index in [0.717, 1.165) is 6.42 Å². The molecule has 5 nitrogen and oxygen atoms in total. The molecule has 104 valence electrons. The van der Waals surface area contributed by atoms with E-state index < -0.39 is 18.8 Å². The second kappa shape index (κ2) is 3.98. The summed E-state index contributed by atoms with van der Waals surface area (Å²) in [6, 6.07) is 6.56. The van der Waals surface area contributed by atoms with Crippen LogP contribution in [0.25, 0.3) is 0 Å². The Hall–Kier alpha value is -1.03. The molecule has 1 spiro atoms. The summed E-state index contributed by atoms with van der Waals surface area (Å²) in [7, 11) is 0. The van der Waals surface area contributed by atoms with Crippen LogP contribution in [0.4, 0.5) is 0 Å². The molecule has 1 N–H and O–H groups in total. The Morgan fingerprint density at radius 1 is 1.32 bits per heavy atom. The van der Waals surface area contributed by atoms with Gasteiger partial charge in [-0.15, -0.1) is 0 Å². The van der Waals surface area contributed by atoms with Gasteiger partial charge in [0, 0.05) is 0 Å². The number of para-hydroxylation sites is 2. The summed E-state index contributed by atoms with van der Waals surface area (Å²) in [6.07, 6.45) is 0.823. The van der Waals surface area contributed by atoms with E-state index in [1.165, 1.54) is 0 Å². The van der Waals surface area contributed by atoms with Crippen LogP contribution in [0.5, 0.6) is 11.5 Å². The van der Waals surface area contributed by atoms with E-state index in [9.17, 15) is 4.79 Å². The number of halogens is 1. The van der Waals surface area contributed by atoms with Crippen molar-refractivity contribution in [2.45, 2.75) is 26.3 Å². The van der Waals surface area contributed by atoms with Crippen LogP contribution in [0.2, 0.25) is 0 Å². The maximum absolute atomic E-state index is 12.0. The number of nitrogens with one attached hydrogen (secondary N) is 1. The zero-order valence-corrected chi connectivity index (χ0v) is 12.3. The van der Waals surface area contributed by atoms with Gasteiger partial charge in [-0.2, -0.15) is 0 Å². The van der Waals surface area contributed by atoms with Crippen molar-refractivity contribution in [3.05, 3.63) is 24.3 Å². The Morgan fingerprint density at radius 3 is 2.42 bits per heavy atom. The molecule has 0 aromatic heterocycles. The van der Waals surface area contributed by atoms with Crippen LogP contribution in [0.3, 0.4) is 0 Å². The van der Waals surface area contributed by atoms with Crippen LogP contribution in [0, 0.1) is 5.92 Å². The molecule has 1 aromatic carbocycles. The Labute approximate surface area is 116 Å². The number of hydrogen-bond donors (Lipinski definition) is 1. The van der Waals surface area contributed by atoms with Gasteiger partial charge < -0.3 is 0 Å². The average molecular weight is 304 g/mol. The van der Waals surface area contributed by atoms with Gasteiger partial charge in [0.15, 0.2) is 0 Å². The van der Waals surface area contributed by atoms with Gasteiger partial charge in [0.25, 0.3) is 0 Å². The molecule has 0 amide bonds. The molecule has 1 saturated heterocycles. The quantitative estimate of drug-likeness (QED) is 0.849. The van der Waals surface area contributed by atoms with Crippen molar-refractivity contribution in [3.63, 3.8) is 0 Å². The van der Waals surface area contributed by atoms with Crippen molar-refractivity contribution in [2.75, 3.05) is 0 Å². The van der Waals surface area contributed by atoms with Crippen molar-refractivity contribution in [1.29, 1.82) is 0 Å². The van der Waals surface area contributed by atoms with E-state index in [2.05, 4.69) is 5.09 Å². The minimum atomic E-state index is -4.09. The van der Waals surface area contributed by atoms with Crippen LogP contribution in [0.15, 0.2) is 24.3 Å². The third kappa shape index (κ3) is 1.97. The van der Waals surface area contributed by atoms with E-state index in [0.29, 0.717) is 11.5 Å².